The molecule has 0 radical (unpaired) electrons. The minimum Gasteiger partial charge on any atom is -0.465 e. The molecule has 1 saturated carbocycles. The van der Waals surface area contributed by atoms with Crippen molar-refractivity contribution in [1.29, 1.82) is 0 Å². The zero-order valence-electron chi connectivity index (χ0n) is 16.5. The van der Waals surface area contributed by atoms with E-state index < -0.39 is 5.97 Å². The van der Waals surface area contributed by atoms with E-state index >= 15 is 0 Å². The highest BCUT2D eigenvalue weighted by Gasteiger charge is 2.28. The molecule has 1 heterocycles. The van der Waals surface area contributed by atoms with Crippen LogP contribution in [0.2, 0.25) is 0 Å². The molecular formula is C22H27NO3S. The molecule has 1 fully saturated rings. The third-order valence-electron chi connectivity index (χ3n) is 5.48. The summed E-state index contributed by atoms with van der Waals surface area (Å²) in [6.07, 6.45) is 5.24. The lowest BCUT2D eigenvalue weighted by Gasteiger charge is -2.20. The Bertz CT molecular complexity index is 863. The van der Waals surface area contributed by atoms with Gasteiger partial charge in [-0.25, -0.2) is 4.79 Å². The molecule has 0 aliphatic heterocycles. The lowest BCUT2D eigenvalue weighted by molar-refractivity contribution is -0.120. The van der Waals surface area contributed by atoms with Crippen molar-refractivity contribution in [2.24, 2.45) is 5.92 Å². The van der Waals surface area contributed by atoms with Crippen molar-refractivity contribution in [3.05, 3.63) is 39.8 Å². The molecule has 4 nitrogen and oxygen atoms in total. The maximum absolute atomic E-state index is 12.7. The van der Waals surface area contributed by atoms with Crippen molar-refractivity contribution in [3.8, 4) is 11.1 Å². The van der Waals surface area contributed by atoms with Crippen molar-refractivity contribution in [2.75, 3.05) is 12.4 Å². The highest BCUT2D eigenvalue weighted by atomic mass is 32.1. The summed E-state index contributed by atoms with van der Waals surface area (Å²) < 4.78 is 5.05. The number of ether oxygens (including phenoxy) is 1. The first kappa shape index (κ1) is 19.6. The van der Waals surface area contributed by atoms with Gasteiger partial charge in [-0.1, -0.05) is 37.5 Å². The fourth-order valence-corrected chi connectivity index (χ4v) is 4.82. The van der Waals surface area contributed by atoms with Crippen molar-refractivity contribution >= 4 is 28.2 Å². The fourth-order valence-electron chi connectivity index (χ4n) is 3.75. The summed E-state index contributed by atoms with van der Waals surface area (Å²) in [5, 5.41) is 3.63. The summed E-state index contributed by atoms with van der Waals surface area (Å²) in [5.41, 5.74) is 4.67. The molecule has 0 saturated heterocycles. The zero-order valence-corrected chi connectivity index (χ0v) is 17.3. The lowest BCUT2D eigenvalue weighted by atomic mass is 9.88. The van der Waals surface area contributed by atoms with Gasteiger partial charge in [0, 0.05) is 16.4 Å². The quantitative estimate of drug-likeness (QED) is 0.692. The Morgan fingerprint density at radius 2 is 1.78 bits per heavy atom. The SMILES string of the molecule is COC(=O)c1c(NC(=O)C2CCCCC2)sc(C)c1-c1ccc(C)c(C)c1. The molecule has 1 aliphatic rings. The largest absolute Gasteiger partial charge is 0.465 e. The highest BCUT2D eigenvalue weighted by molar-refractivity contribution is 7.17. The van der Waals surface area contributed by atoms with Crippen LogP contribution in [0.15, 0.2) is 18.2 Å². The number of carbonyl (C=O) groups excluding carboxylic acids is 2. The Hall–Kier alpha value is -2.14. The summed E-state index contributed by atoms with van der Waals surface area (Å²) in [6.45, 7) is 6.11. The van der Waals surface area contributed by atoms with Gasteiger partial charge in [-0.3, -0.25) is 4.79 Å². The van der Waals surface area contributed by atoms with Crippen LogP contribution in [-0.4, -0.2) is 19.0 Å². The van der Waals surface area contributed by atoms with Crippen LogP contribution in [0.5, 0.6) is 0 Å². The van der Waals surface area contributed by atoms with Crippen LogP contribution in [0.25, 0.3) is 11.1 Å². The third-order valence-corrected chi connectivity index (χ3v) is 6.50. The summed E-state index contributed by atoms with van der Waals surface area (Å²) in [6, 6.07) is 6.17. The van der Waals surface area contributed by atoms with E-state index in [0.717, 1.165) is 41.7 Å². The van der Waals surface area contributed by atoms with Gasteiger partial charge in [-0.2, -0.15) is 0 Å². The van der Waals surface area contributed by atoms with Gasteiger partial charge < -0.3 is 10.1 Å². The maximum Gasteiger partial charge on any atom is 0.341 e. The van der Waals surface area contributed by atoms with Gasteiger partial charge in [0.05, 0.1) is 7.11 Å². The molecule has 3 rings (SSSR count). The average molecular weight is 386 g/mol. The van der Waals surface area contributed by atoms with Gasteiger partial charge in [-0.15, -0.1) is 11.3 Å². The van der Waals surface area contributed by atoms with E-state index in [2.05, 4.69) is 31.3 Å². The smallest absolute Gasteiger partial charge is 0.341 e. The van der Waals surface area contributed by atoms with E-state index in [-0.39, 0.29) is 11.8 Å². The van der Waals surface area contributed by atoms with Crippen molar-refractivity contribution in [1.82, 2.24) is 0 Å². The standard InChI is InChI=1S/C22H27NO3S/c1-13-10-11-17(12-14(13)2)18-15(3)27-21(19(18)22(25)26-4)23-20(24)16-8-6-5-7-9-16/h10-12,16H,5-9H2,1-4H3,(H,23,24). The predicted octanol–water partition coefficient (Wildman–Crippen LogP) is 5.65. The van der Waals surface area contributed by atoms with Gasteiger partial charge in [0.1, 0.15) is 10.6 Å². The molecule has 1 amide bonds. The number of hydrogen-bond donors (Lipinski definition) is 1. The van der Waals surface area contributed by atoms with Gasteiger partial charge in [0.2, 0.25) is 5.91 Å². The Morgan fingerprint density at radius 3 is 2.41 bits per heavy atom. The molecule has 0 spiro atoms. The molecule has 1 N–H and O–H groups in total. The molecule has 0 atom stereocenters. The Morgan fingerprint density at radius 1 is 1.07 bits per heavy atom. The molecule has 1 aliphatic carbocycles. The lowest BCUT2D eigenvalue weighted by Crippen LogP contribution is -2.25. The molecule has 5 heteroatoms. The first-order valence-electron chi connectivity index (χ1n) is 9.52. The van der Waals surface area contributed by atoms with Crippen LogP contribution in [0.1, 0.15) is 58.5 Å². The molecule has 27 heavy (non-hydrogen) atoms. The number of carbonyl (C=O) groups is 2. The van der Waals surface area contributed by atoms with Gasteiger partial charge in [0.15, 0.2) is 0 Å². The molecule has 144 valence electrons. The Balaban J connectivity index is 2.00. The number of nitrogens with one attached hydrogen (secondary N) is 1. The number of amides is 1. The van der Waals surface area contributed by atoms with Crippen molar-refractivity contribution in [2.45, 2.75) is 52.9 Å². The predicted molar refractivity (Wildman–Crippen MR) is 111 cm³/mol. The van der Waals surface area contributed by atoms with E-state index in [1.807, 2.05) is 13.0 Å². The first-order chi connectivity index (χ1) is 12.9. The zero-order chi connectivity index (χ0) is 19.6. The summed E-state index contributed by atoms with van der Waals surface area (Å²) in [5.74, 6) is -0.351. The molecule has 0 unspecified atom stereocenters. The van der Waals surface area contributed by atoms with Crippen LogP contribution in [0, 0.1) is 26.7 Å². The fraction of sp³-hybridized carbons (Fsp3) is 0.455. The van der Waals surface area contributed by atoms with Gasteiger partial charge >= 0.3 is 5.97 Å². The van der Waals surface area contributed by atoms with Crippen molar-refractivity contribution < 1.29 is 14.3 Å². The Labute approximate surface area is 164 Å². The van der Waals surface area contributed by atoms with Crippen LogP contribution in [0.3, 0.4) is 0 Å². The molecule has 0 bridgehead atoms. The highest BCUT2D eigenvalue weighted by Crippen LogP contribution is 2.41. The number of hydrogen-bond acceptors (Lipinski definition) is 4. The minimum absolute atomic E-state index is 0.0211. The molecule has 1 aromatic heterocycles. The van der Waals surface area contributed by atoms with Crippen LogP contribution >= 0.6 is 11.3 Å². The van der Waals surface area contributed by atoms with E-state index in [1.54, 1.807) is 0 Å². The number of rotatable bonds is 4. The van der Waals surface area contributed by atoms with E-state index in [0.29, 0.717) is 10.6 Å². The minimum atomic E-state index is -0.411. The van der Waals surface area contributed by atoms with Crippen LogP contribution < -0.4 is 5.32 Å². The van der Waals surface area contributed by atoms with E-state index in [9.17, 15) is 9.59 Å². The summed E-state index contributed by atoms with van der Waals surface area (Å²) >= 11 is 1.45. The van der Waals surface area contributed by atoms with Crippen LogP contribution in [-0.2, 0) is 9.53 Å². The number of benzene rings is 1. The van der Waals surface area contributed by atoms with Gasteiger partial charge in [-0.05, 0) is 50.3 Å². The molecular weight excluding hydrogens is 358 g/mol. The number of anilines is 1. The number of esters is 1. The number of methoxy groups -OCH3 is 1. The van der Waals surface area contributed by atoms with E-state index in [1.165, 1.54) is 36.0 Å². The average Bonchev–Trinajstić information content (AvgIpc) is 2.99. The molecule has 2 aromatic rings. The number of aryl methyl sites for hydroxylation is 3. The van der Waals surface area contributed by atoms with Crippen molar-refractivity contribution in [3.63, 3.8) is 0 Å². The second kappa shape index (κ2) is 8.26. The van der Waals surface area contributed by atoms with Gasteiger partial charge in [0.25, 0.3) is 0 Å². The summed E-state index contributed by atoms with van der Waals surface area (Å²) in [7, 11) is 1.38. The second-order valence-electron chi connectivity index (χ2n) is 7.35. The van der Waals surface area contributed by atoms with E-state index in [4.69, 9.17) is 4.74 Å². The van der Waals surface area contributed by atoms with Crippen LogP contribution in [0.4, 0.5) is 5.00 Å². The molecule has 1 aromatic carbocycles. The summed E-state index contributed by atoms with van der Waals surface area (Å²) in [4.78, 5) is 26.3. The monoisotopic (exact) mass is 385 g/mol. The maximum atomic E-state index is 12.7. The Kier molecular flexibility index (Phi) is 6.00. The second-order valence-corrected chi connectivity index (χ2v) is 8.58. The number of thiophene rings is 1. The first-order valence-corrected chi connectivity index (χ1v) is 10.3. The normalized spacial score (nSPS) is 14.8. The topological polar surface area (TPSA) is 55.4 Å². The third kappa shape index (κ3) is 4.08.